The van der Waals surface area contributed by atoms with E-state index in [0.717, 1.165) is 0 Å². The molecule has 3 aliphatic rings. The smallest absolute Gasteiger partial charge is 0.266 e. The molecule has 9 nitrogen and oxygen atoms in total. The number of carbonyl (C=O) groups excluding carboxylic acids is 3. The first-order chi connectivity index (χ1) is 19.6. The number of hydrogen-bond donors (Lipinski definition) is 2. The first kappa shape index (κ1) is 28.9. The van der Waals surface area contributed by atoms with Gasteiger partial charge in [0.2, 0.25) is 11.8 Å². The molecule has 0 spiro atoms. The van der Waals surface area contributed by atoms with Crippen molar-refractivity contribution < 1.29 is 32.3 Å². The zero-order valence-electron chi connectivity index (χ0n) is 22.9. The summed E-state index contributed by atoms with van der Waals surface area (Å²) >= 11 is 0. The van der Waals surface area contributed by atoms with Crippen molar-refractivity contribution in [3.05, 3.63) is 59.4 Å². The van der Waals surface area contributed by atoms with E-state index in [0.29, 0.717) is 61.7 Å². The molecule has 3 fully saturated rings. The molecule has 3 saturated heterocycles. The summed E-state index contributed by atoms with van der Waals surface area (Å²) in [4.78, 5) is 40.0. The number of alkyl halides is 2. The topological polar surface area (TPSA) is 94.2 Å². The van der Waals surface area contributed by atoms with Crippen molar-refractivity contribution in [2.45, 2.75) is 31.1 Å². The summed E-state index contributed by atoms with van der Waals surface area (Å²) in [5, 5.41) is 3.57. The van der Waals surface area contributed by atoms with Gasteiger partial charge >= 0.3 is 0 Å². The summed E-state index contributed by atoms with van der Waals surface area (Å²) in [5.41, 5.74) is 3.86. The molecule has 41 heavy (non-hydrogen) atoms. The molecule has 0 aliphatic carbocycles. The van der Waals surface area contributed by atoms with Crippen molar-refractivity contribution in [2.75, 3.05) is 57.8 Å². The van der Waals surface area contributed by atoms with E-state index in [1.807, 2.05) is 9.80 Å². The number of methoxy groups -OCH3 is 1. The summed E-state index contributed by atoms with van der Waals surface area (Å²) < 4.78 is 50.4. The number of nitrogens with one attached hydrogen (secondary N) is 2. The molecular weight excluding hydrogens is 539 g/mol. The number of piperidine rings is 2. The molecule has 2 aromatic rings. The minimum absolute atomic E-state index is 0.218. The van der Waals surface area contributed by atoms with Crippen LogP contribution in [-0.4, -0.2) is 86.5 Å². The highest BCUT2D eigenvalue weighted by molar-refractivity contribution is 6.01. The molecule has 2 N–H and O–H groups in total. The van der Waals surface area contributed by atoms with E-state index in [9.17, 15) is 14.4 Å². The van der Waals surface area contributed by atoms with Crippen molar-refractivity contribution >= 4 is 23.4 Å². The van der Waals surface area contributed by atoms with Crippen LogP contribution in [0.25, 0.3) is 0 Å². The van der Waals surface area contributed by atoms with E-state index in [4.69, 9.17) is 4.74 Å². The van der Waals surface area contributed by atoms with Gasteiger partial charge in [0.1, 0.15) is 11.6 Å². The van der Waals surface area contributed by atoms with Crippen LogP contribution in [0.2, 0.25) is 0 Å². The fraction of sp³-hybridized carbons (Fsp3) is 0.483. The van der Waals surface area contributed by atoms with Gasteiger partial charge in [-0.3, -0.25) is 30.0 Å². The van der Waals surface area contributed by atoms with Crippen LogP contribution < -0.4 is 20.4 Å². The number of amides is 3. The number of hydrazine groups is 1. The first-order valence-electron chi connectivity index (χ1n) is 13.8. The summed E-state index contributed by atoms with van der Waals surface area (Å²) in [7, 11) is 1.49. The molecule has 0 bridgehead atoms. The van der Waals surface area contributed by atoms with Crippen molar-refractivity contribution in [3.63, 3.8) is 0 Å². The standard InChI is InChI=1S/C29H34F3N5O4/c1-41-22-4-2-3-20(15-22)27(39)34-37-10-9-21(29(31,32)18-37)17-35-11-13-36(14-12-35)25-7-5-19(16-24(25)30)23-6-8-26(38)33-28(23)40/h2-5,7,15-16,21,23H,6,8-14,17-18H2,1H3,(H,34,39)(H,33,38,40). The number of hydrogen-bond acceptors (Lipinski definition) is 7. The minimum atomic E-state index is -2.99. The lowest BCUT2D eigenvalue weighted by molar-refractivity contribution is -0.134. The average Bonchev–Trinajstić information content (AvgIpc) is 2.95. The summed E-state index contributed by atoms with van der Waals surface area (Å²) in [6.45, 7) is 1.94. The predicted molar refractivity (Wildman–Crippen MR) is 145 cm³/mol. The van der Waals surface area contributed by atoms with Gasteiger partial charge in [0, 0.05) is 57.2 Å². The Morgan fingerprint density at radius 3 is 2.54 bits per heavy atom. The van der Waals surface area contributed by atoms with Crippen LogP contribution in [0, 0.1) is 11.7 Å². The first-order valence-corrected chi connectivity index (χ1v) is 13.8. The maximum absolute atomic E-state index is 15.1. The number of ether oxygens (including phenoxy) is 1. The van der Waals surface area contributed by atoms with Gasteiger partial charge in [-0.2, -0.15) is 0 Å². The fourth-order valence-corrected chi connectivity index (χ4v) is 5.77. The molecule has 0 radical (unpaired) electrons. The van der Waals surface area contributed by atoms with Gasteiger partial charge in [-0.1, -0.05) is 12.1 Å². The maximum atomic E-state index is 15.1. The van der Waals surface area contributed by atoms with E-state index in [2.05, 4.69) is 10.7 Å². The number of halogens is 3. The largest absolute Gasteiger partial charge is 0.497 e. The Labute approximate surface area is 236 Å². The Balaban J connectivity index is 1.11. The van der Waals surface area contributed by atoms with E-state index in [1.165, 1.54) is 18.2 Å². The second-order valence-corrected chi connectivity index (χ2v) is 10.8. The van der Waals surface area contributed by atoms with Crippen LogP contribution in [-0.2, 0) is 9.59 Å². The van der Waals surface area contributed by atoms with Crippen LogP contribution in [0.15, 0.2) is 42.5 Å². The lowest BCUT2D eigenvalue weighted by Crippen LogP contribution is -2.58. The van der Waals surface area contributed by atoms with Crippen LogP contribution >= 0.6 is 0 Å². The highest BCUT2D eigenvalue weighted by atomic mass is 19.3. The molecule has 3 aliphatic heterocycles. The molecule has 220 valence electrons. The van der Waals surface area contributed by atoms with Crippen molar-refractivity contribution in [2.24, 2.45) is 5.92 Å². The molecule has 12 heteroatoms. The summed E-state index contributed by atoms with van der Waals surface area (Å²) in [5.74, 6) is -5.55. The normalized spacial score (nSPS) is 23.7. The minimum Gasteiger partial charge on any atom is -0.497 e. The highest BCUT2D eigenvalue weighted by Gasteiger charge is 2.45. The molecule has 5 rings (SSSR count). The predicted octanol–water partition coefficient (Wildman–Crippen LogP) is 2.78. The quantitative estimate of drug-likeness (QED) is 0.492. The molecule has 0 aromatic heterocycles. The summed E-state index contributed by atoms with van der Waals surface area (Å²) in [6, 6.07) is 11.2. The van der Waals surface area contributed by atoms with E-state index < -0.39 is 41.9 Å². The lowest BCUT2D eigenvalue weighted by Gasteiger charge is -2.42. The van der Waals surface area contributed by atoms with Gasteiger partial charge in [-0.25, -0.2) is 18.2 Å². The third kappa shape index (κ3) is 6.65. The third-order valence-electron chi connectivity index (χ3n) is 8.14. The van der Waals surface area contributed by atoms with Gasteiger partial charge in [0.25, 0.3) is 11.8 Å². The number of anilines is 1. The van der Waals surface area contributed by atoms with E-state index in [1.54, 1.807) is 36.4 Å². The Morgan fingerprint density at radius 2 is 1.85 bits per heavy atom. The summed E-state index contributed by atoms with van der Waals surface area (Å²) in [6.07, 6.45) is 0.792. The molecular formula is C29H34F3N5O4. The van der Waals surface area contributed by atoms with E-state index in [-0.39, 0.29) is 25.3 Å². The lowest BCUT2D eigenvalue weighted by atomic mass is 9.90. The molecule has 2 aromatic carbocycles. The van der Waals surface area contributed by atoms with Crippen molar-refractivity contribution in [1.82, 2.24) is 20.7 Å². The maximum Gasteiger partial charge on any atom is 0.266 e. The number of rotatable bonds is 7. The van der Waals surface area contributed by atoms with Crippen LogP contribution in [0.3, 0.4) is 0 Å². The number of carbonyl (C=O) groups is 3. The SMILES string of the molecule is COc1cccc(C(=O)NN2CCC(CN3CCN(c4ccc(C5CCC(=O)NC5=O)cc4F)CC3)C(F)(F)C2)c1. The second-order valence-electron chi connectivity index (χ2n) is 10.8. The van der Waals surface area contributed by atoms with Gasteiger partial charge in [0.05, 0.1) is 25.3 Å². The zero-order valence-corrected chi connectivity index (χ0v) is 22.9. The molecule has 2 atom stereocenters. The number of nitrogens with zero attached hydrogens (tertiary/aromatic N) is 3. The fourth-order valence-electron chi connectivity index (χ4n) is 5.77. The van der Waals surface area contributed by atoms with Gasteiger partial charge < -0.3 is 9.64 Å². The number of benzene rings is 2. The number of imide groups is 1. The molecule has 3 amide bonds. The Bertz CT molecular complexity index is 1300. The monoisotopic (exact) mass is 573 g/mol. The van der Waals surface area contributed by atoms with Gasteiger partial charge in [-0.05, 0) is 48.7 Å². The Hall–Kier alpha value is -3.64. The van der Waals surface area contributed by atoms with Crippen LogP contribution in [0.4, 0.5) is 18.9 Å². The van der Waals surface area contributed by atoms with Crippen molar-refractivity contribution in [1.29, 1.82) is 0 Å². The van der Waals surface area contributed by atoms with E-state index >= 15 is 13.2 Å². The van der Waals surface area contributed by atoms with Crippen molar-refractivity contribution in [3.8, 4) is 5.75 Å². The van der Waals surface area contributed by atoms with Crippen LogP contribution in [0.5, 0.6) is 5.75 Å². The average molecular weight is 574 g/mol. The third-order valence-corrected chi connectivity index (χ3v) is 8.14. The van der Waals surface area contributed by atoms with Crippen LogP contribution in [0.1, 0.15) is 41.1 Å². The second kappa shape index (κ2) is 12.1. The highest BCUT2D eigenvalue weighted by Crippen LogP contribution is 2.34. The Morgan fingerprint density at radius 1 is 1.07 bits per heavy atom. The van der Waals surface area contributed by atoms with Gasteiger partial charge in [0.15, 0.2) is 0 Å². The Kier molecular flexibility index (Phi) is 8.50. The number of piperazine rings is 1. The molecule has 0 saturated carbocycles. The zero-order chi connectivity index (χ0) is 29.1. The van der Waals surface area contributed by atoms with Gasteiger partial charge in [-0.15, -0.1) is 0 Å². The molecule has 2 unspecified atom stereocenters. The molecule has 3 heterocycles.